The first-order valence-electron chi connectivity index (χ1n) is 21.2. The molecule has 0 aliphatic carbocycles. The van der Waals surface area contributed by atoms with Crippen LogP contribution in [-0.2, 0) is 105 Å². The van der Waals surface area contributed by atoms with Crippen LogP contribution < -0.4 is 0 Å². The van der Waals surface area contributed by atoms with Gasteiger partial charge in [-0.1, -0.05) is 37.3 Å². The first-order valence-corrected chi connectivity index (χ1v) is 21.2. The zero-order valence-electron chi connectivity index (χ0n) is 39.0. The Balaban J connectivity index is 0.000000271. The quantitative estimate of drug-likeness (QED) is 0.122. The molecule has 5 heterocycles. The number of benzene rings is 5. The number of pyridine rings is 1. The number of hydrogen-bond acceptors (Lipinski definition) is 5. The van der Waals surface area contributed by atoms with Gasteiger partial charge >= 0.3 is 24.7 Å². The molecule has 416 valence electrons. The maximum atomic E-state index is 13.2. The van der Waals surface area contributed by atoms with E-state index in [9.17, 15) is 57.1 Å². The number of alkyl halides is 12. The van der Waals surface area contributed by atoms with Gasteiger partial charge in [-0.3, -0.25) is 28.1 Å². The summed E-state index contributed by atoms with van der Waals surface area (Å²) >= 11 is 0. The van der Waals surface area contributed by atoms with Gasteiger partial charge in [-0.2, -0.15) is 158 Å². The van der Waals surface area contributed by atoms with Crippen molar-refractivity contribution >= 4 is 0 Å². The average molecular weight is 1800 g/mol. The van der Waals surface area contributed by atoms with Crippen LogP contribution in [0.5, 0.6) is 0 Å². The summed E-state index contributed by atoms with van der Waals surface area (Å²) in [6.07, 6.45) is -10.1. The molecule has 0 aliphatic heterocycles. The Labute approximate surface area is 490 Å². The van der Waals surface area contributed by atoms with Crippen molar-refractivity contribution in [2.24, 2.45) is 0 Å². The minimum absolute atomic E-state index is 0. The summed E-state index contributed by atoms with van der Waals surface area (Å²) < 4.78 is 168. The van der Waals surface area contributed by atoms with Crippen molar-refractivity contribution in [1.29, 1.82) is 0 Å². The van der Waals surface area contributed by atoms with E-state index in [1.807, 2.05) is 43.3 Å². The Kier molecular flexibility index (Phi) is 24.2. The van der Waals surface area contributed by atoms with E-state index in [1.165, 1.54) is 64.6 Å². The first kappa shape index (κ1) is 66.1. The van der Waals surface area contributed by atoms with E-state index < -0.39 is 53.3 Å². The van der Waals surface area contributed by atoms with Gasteiger partial charge in [0.15, 0.2) is 22.8 Å². The SMILES string of the molecule is Cc1c[c-]c(-n2ccc(C(F)(F)F)n2)cc1.FC(F)(F)c1ccn(-c2[c-]ccc(-c3ccccc3)c2)n1.FC(F)(F)c1nn(-c2[c-]cccc2)cc1-c1ccncc1.Fc1ccc[c-]c1-n1ccc(C(F)(F)F)n1.[Ir].[Ir].[Ir].[Ir]. The second kappa shape index (κ2) is 28.6. The van der Waals surface area contributed by atoms with Crippen LogP contribution >= 0.6 is 0 Å². The van der Waals surface area contributed by atoms with E-state index in [1.54, 1.807) is 54.6 Å². The van der Waals surface area contributed by atoms with Gasteiger partial charge < -0.3 is 0 Å². The third-order valence-electron chi connectivity index (χ3n) is 9.91. The number of nitrogens with zero attached hydrogens (tertiary/aromatic N) is 9. The summed E-state index contributed by atoms with van der Waals surface area (Å²) in [4.78, 5) is 3.81. The van der Waals surface area contributed by atoms with Crippen molar-refractivity contribution in [3.8, 4) is 45.0 Å². The van der Waals surface area contributed by atoms with Gasteiger partial charge in [0, 0.05) is 129 Å². The molecule has 0 unspecified atom stereocenters. The van der Waals surface area contributed by atoms with Crippen LogP contribution in [0.3, 0.4) is 0 Å². The first-order chi connectivity index (χ1) is 35.0. The molecule has 5 aromatic carbocycles. The van der Waals surface area contributed by atoms with Gasteiger partial charge in [0.05, 0.1) is 0 Å². The van der Waals surface area contributed by atoms with Crippen molar-refractivity contribution in [3.63, 3.8) is 0 Å². The average Bonchev–Trinajstić information content (AvgIpc) is 4.23. The van der Waals surface area contributed by atoms with Gasteiger partial charge in [0.25, 0.3) is 0 Å². The third-order valence-corrected chi connectivity index (χ3v) is 9.91. The summed E-state index contributed by atoms with van der Waals surface area (Å²) in [6, 6.07) is 47.4. The number of aromatic nitrogens is 9. The number of rotatable bonds is 6. The zero-order chi connectivity index (χ0) is 53.3. The molecular weight excluding hydrogens is 1770 g/mol. The van der Waals surface area contributed by atoms with Crippen LogP contribution in [0, 0.1) is 37.0 Å². The maximum Gasteiger partial charge on any atom is 0.435 e. The topological polar surface area (TPSA) is 84.2 Å². The number of para-hydroxylation sites is 2. The second-order valence-electron chi connectivity index (χ2n) is 15.2. The number of hydrogen-bond donors (Lipinski definition) is 0. The molecule has 26 heteroatoms. The van der Waals surface area contributed by atoms with Gasteiger partial charge in [0.2, 0.25) is 0 Å². The van der Waals surface area contributed by atoms with Crippen molar-refractivity contribution < 1.29 is 137 Å². The molecule has 0 N–H and O–H groups in total. The molecule has 0 bridgehead atoms. The Bertz CT molecular complexity index is 3380. The Morgan fingerprint density at radius 1 is 0.423 bits per heavy atom. The molecular formula is C52H32F13Ir4N9-4. The predicted octanol–water partition coefficient (Wildman–Crippen LogP) is 13.9. The predicted molar refractivity (Wildman–Crippen MR) is 243 cm³/mol. The van der Waals surface area contributed by atoms with E-state index in [2.05, 4.69) is 49.6 Å². The fourth-order valence-corrected chi connectivity index (χ4v) is 6.41. The molecule has 0 aliphatic rings. The number of halogens is 13. The molecule has 0 fully saturated rings. The van der Waals surface area contributed by atoms with Crippen LogP contribution in [-0.4, -0.2) is 44.1 Å². The van der Waals surface area contributed by atoms with Crippen LogP contribution in [0.25, 0.3) is 45.0 Å². The Morgan fingerprint density at radius 2 is 0.949 bits per heavy atom. The van der Waals surface area contributed by atoms with Crippen LogP contribution in [0.4, 0.5) is 57.1 Å². The van der Waals surface area contributed by atoms with Crippen molar-refractivity contribution in [1.82, 2.24) is 44.1 Å². The molecule has 0 saturated carbocycles. The van der Waals surface area contributed by atoms with Crippen molar-refractivity contribution in [3.05, 3.63) is 235 Å². The largest absolute Gasteiger partial charge is 0.435 e. The molecule has 0 amide bonds. The van der Waals surface area contributed by atoms with Gasteiger partial charge in [-0.05, 0) is 64.2 Å². The molecule has 0 saturated heterocycles. The van der Waals surface area contributed by atoms with Gasteiger partial charge in [0.1, 0.15) is 0 Å². The van der Waals surface area contributed by atoms with E-state index in [0.717, 1.165) is 56.5 Å². The van der Waals surface area contributed by atoms with E-state index in [4.69, 9.17) is 0 Å². The summed E-state index contributed by atoms with van der Waals surface area (Å²) in [5.41, 5.74) is 0.754. The molecule has 78 heavy (non-hydrogen) atoms. The fourth-order valence-electron chi connectivity index (χ4n) is 6.41. The van der Waals surface area contributed by atoms with E-state index >= 15 is 0 Å². The van der Waals surface area contributed by atoms with Crippen molar-refractivity contribution in [2.45, 2.75) is 31.6 Å². The maximum absolute atomic E-state index is 13.2. The monoisotopic (exact) mass is 1800 g/mol. The summed E-state index contributed by atoms with van der Waals surface area (Å²) in [5.74, 6) is -0.681. The molecule has 5 aromatic heterocycles. The van der Waals surface area contributed by atoms with Crippen LogP contribution in [0.1, 0.15) is 28.3 Å². The minimum atomic E-state index is -4.53. The Hall–Kier alpha value is -6.22. The van der Waals surface area contributed by atoms with E-state index in [0.29, 0.717) is 22.6 Å². The summed E-state index contributed by atoms with van der Waals surface area (Å²) in [6.45, 7) is 1.88. The number of aryl methyl sites for hydroxylation is 1. The molecule has 0 spiro atoms. The molecule has 4 radical (unpaired) electrons. The third kappa shape index (κ3) is 17.9. The molecule has 10 rings (SSSR count). The van der Waals surface area contributed by atoms with Gasteiger partial charge in [-0.25, -0.2) is 0 Å². The fraction of sp³-hybridized carbons (Fsp3) is 0.0962. The standard InChI is InChI=1S/C16H10F3N2.C15H9F3N3.C11H8F3N2.C10H5F4N2.4Ir/c17-16(18,19)15-9-10-21(20-15)14-8-4-7-13(11-14)12-5-2-1-3-6-12;16-15(17,18)14-13(11-6-8-19-9-7-11)10-21(20-14)12-4-2-1-3-5-12;1-8-2-4-9(5-3-8)16-7-6-10(15-16)11(12,13)14;11-7-3-1-2-4-8(7)16-6-5-9(15-16)10(12,13)14;;;;/h1-7,9-11H;1-4,6-10H;2-4,6-7H,1H3;1-3,5-6H;;;;/q4*-1;;;;. The van der Waals surface area contributed by atoms with Crippen LogP contribution in [0.15, 0.2) is 177 Å². The van der Waals surface area contributed by atoms with E-state index in [-0.39, 0.29) is 91.7 Å². The Morgan fingerprint density at radius 3 is 1.46 bits per heavy atom. The molecule has 10 aromatic rings. The summed E-state index contributed by atoms with van der Waals surface area (Å²) in [7, 11) is 0. The molecule has 9 nitrogen and oxygen atoms in total. The zero-order valence-corrected chi connectivity index (χ0v) is 48.6. The summed E-state index contributed by atoms with van der Waals surface area (Å²) in [5, 5.41) is 13.9. The van der Waals surface area contributed by atoms with Crippen LogP contribution in [0.2, 0.25) is 0 Å². The molecule has 0 atom stereocenters. The second-order valence-corrected chi connectivity index (χ2v) is 15.2. The normalized spacial score (nSPS) is 11.1. The minimum Gasteiger partial charge on any atom is -0.282 e. The van der Waals surface area contributed by atoms with Crippen molar-refractivity contribution in [2.75, 3.05) is 0 Å². The smallest absolute Gasteiger partial charge is 0.282 e. The van der Waals surface area contributed by atoms with Gasteiger partial charge in [-0.15, -0.1) is 29.8 Å².